The first-order valence-corrected chi connectivity index (χ1v) is 5.58. The number of aromatic nitrogens is 1. The lowest BCUT2D eigenvalue weighted by molar-refractivity contribution is -0.109. The zero-order valence-electron chi connectivity index (χ0n) is 9.43. The summed E-state index contributed by atoms with van der Waals surface area (Å²) < 4.78 is 5.09. The van der Waals surface area contributed by atoms with Crippen molar-refractivity contribution >= 4 is 12.1 Å². The number of anilines is 1. The van der Waals surface area contributed by atoms with Gasteiger partial charge in [-0.2, -0.15) is 4.98 Å². The number of methoxy groups -OCH3 is 1. The molecule has 1 aromatic heterocycles. The average molecular weight is 220 g/mol. The molecule has 0 radical (unpaired) electrons. The van der Waals surface area contributed by atoms with Crippen molar-refractivity contribution in [1.82, 2.24) is 4.98 Å². The number of ether oxygens (including phenoxy) is 1. The molecule has 0 aromatic carbocycles. The molecule has 1 saturated heterocycles. The Morgan fingerprint density at radius 1 is 1.50 bits per heavy atom. The topological polar surface area (TPSA) is 42.4 Å². The molecule has 0 bridgehead atoms. The molecule has 16 heavy (non-hydrogen) atoms. The number of piperidine rings is 1. The van der Waals surface area contributed by atoms with Gasteiger partial charge in [-0.25, -0.2) is 0 Å². The second-order valence-corrected chi connectivity index (χ2v) is 3.93. The van der Waals surface area contributed by atoms with E-state index in [-0.39, 0.29) is 6.04 Å². The maximum absolute atomic E-state index is 11.0. The number of nitrogens with zero attached hydrogens (tertiary/aromatic N) is 2. The number of hydrogen-bond donors (Lipinski definition) is 0. The number of pyridine rings is 1. The van der Waals surface area contributed by atoms with Gasteiger partial charge in [-0.05, 0) is 25.3 Å². The third kappa shape index (κ3) is 2.15. The highest BCUT2D eigenvalue weighted by molar-refractivity contribution is 5.65. The standard InChI is InChI=1S/C12H16N2O2/c1-16-12-7-4-6-11(13-12)14-8-3-2-5-10(14)9-15/h4,6-7,9-10H,2-3,5,8H2,1H3. The van der Waals surface area contributed by atoms with Gasteiger partial charge in [0, 0.05) is 12.6 Å². The Bertz CT molecular complexity index is 368. The van der Waals surface area contributed by atoms with Gasteiger partial charge in [-0.3, -0.25) is 0 Å². The summed E-state index contributed by atoms with van der Waals surface area (Å²) in [4.78, 5) is 17.4. The van der Waals surface area contributed by atoms with Crippen molar-refractivity contribution in [2.24, 2.45) is 0 Å². The Labute approximate surface area is 95.2 Å². The summed E-state index contributed by atoms with van der Waals surface area (Å²) in [5.41, 5.74) is 0. The summed E-state index contributed by atoms with van der Waals surface area (Å²) >= 11 is 0. The molecular formula is C12H16N2O2. The molecule has 2 rings (SSSR count). The van der Waals surface area contributed by atoms with E-state index in [1.165, 1.54) is 0 Å². The van der Waals surface area contributed by atoms with Crippen LogP contribution in [-0.2, 0) is 4.79 Å². The smallest absolute Gasteiger partial charge is 0.214 e. The number of aldehydes is 1. The van der Waals surface area contributed by atoms with Crippen molar-refractivity contribution in [3.05, 3.63) is 18.2 Å². The number of hydrogen-bond acceptors (Lipinski definition) is 4. The van der Waals surface area contributed by atoms with Gasteiger partial charge in [0.05, 0.1) is 13.2 Å². The summed E-state index contributed by atoms with van der Waals surface area (Å²) in [5.74, 6) is 1.42. The SMILES string of the molecule is COc1cccc(N2CCCCC2C=O)n1. The van der Waals surface area contributed by atoms with Crippen LogP contribution in [0.15, 0.2) is 18.2 Å². The Morgan fingerprint density at radius 3 is 3.12 bits per heavy atom. The minimum absolute atomic E-state index is 0.0339. The average Bonchev–Trinajstić information content (AvgIpc) is 2.38. The van der Waals surface area contributed by atoms with Gasteiger partial charge in [0.2, 0.25) is 5.88 Å². The van der Waals surface area contributed by atoms with Crippen LogP contribution in [-0.4, -0.2) is 31.0 Å². The molecule has 1 fully saturated rings. The highest BCUT2D eigenvalue weighted by Crippen LogP contribution is 2.23. The quantitative estimate of drug-likeness (QED) is 0.726. The predicted octanol–water partition coefficient (Wildman–Crippen LogP) is 1.65. The lowest BCUT2D eigenvalue weighted by Crippen LogP contribution is -2.41. The first kappa shape index (κ1) is 10.9. The summed E-state index contributed by atoms with van der Waals surface area (Å²) in [6, 6.07) is 5.60. The molecule has 2 heterocycles. The maximum atomic E-state index is 11.0. The molecule has 86 valence electrons. The van der Waals surface area contributed by atoms with Crippen LogP contribution in [0.5, 0.6) is 5.88 Å². The highest BCUT2D eigenvalue weighted by atomic mass is 16.5. The minimum Gasteiger partial charge on any atom is -0.481 e. The third-order valence-corrected chi connectivity index (χ3v) is 2.92. The molecule has 0 spiro atoms. The predicted molar refractivity (Wildman–Crippen MR) is 61.8 cm³/mol. The summed E-state index contributed by atoms with van der Waals surface area (Å²) in [6.07, 6.45) is 4.16. The van der Waals surface area contributed by atoms with Crippen molar-refractivity contribution in [3.8, 4) is 5.88 Å². The molecule has 0 amide bonds. The Hall–Kier alpha value is -1.58. The van der Waals surface area contributed by atoms with Crippen molar-refractivity contribution < 1.29 is 9.53 Å². The lowest BCUT2D eigenvalue weighted by atomic mass is 10.0. The fraction of sp³-hybridized carbons (Fsp3) is 0.500. The summed E-state index contributed by atoms with van der Waals surface area (Å²) in [6.45, 7) is 0.892. The highest BCUT2D eigenvalue weighted by Gasteiger charge is 2.22. The Balaban J connectivity index is 2.23. The molecule has 0 aliphatic carbocycles. The molecule has 4 heteroatoms. The van der Waals surface area contributed by atoms with Crippen LogP contribution in [0, 0.1) is 0 Å². The van der Waals surface area contributed by atoms with Crippen LogP contribution < -0.4 is 9.64 Å². The number of carbonyl (C=O) groups excluding carboxylic acids is 1. The largest absolute Gasteiger partial charge is 0.481 e. The van der Waals surface area contributed by atoms with Crippen molar-refractivity contribution in [1.29, 1.82) is 0 Å². The van der Waals surface area contributed by atoms with Crippen LogP contribution in [0.3, 0.4) is 0 Å². The van der Waals surface area contributed by atoms with E-state index >= 15 is 0 Å². The number of carbonyl (C=O) groups is 1. The molecule has 1 aromatic rings. The van der Waals surface area contributed by atoms with Crippen molar-refractivity contribution in [2.75, 3.05) is 18.6 Å². The Morgan fingerprint density at radius 2 is 2.38 bits per heavy atom. The molecule has 1 atom stereocenters. The Kier molecular flexibility index (Phi) is 3.39. The zero-order valence-corrected chi connectivity index (χ0v) is 9.43. The van der Waals surface area contributed by atoms with E-state index in [0.29, 0.717) is 5.88 Å². The van der Waals surface area contributed by atoms with Gasteiger partial charge in [-0.15, -0.1) is 0 Å². The van der Waals surface area contributed by atoms with Crippen molar-refractivity contribution in [2.45, 2.75) is 25.3 Å². The van der Waals surface area contributed by atoms with Gasteiger partial charge in [0.15, 0.2) is 0 Å². The van der Waals surface area contributed by atoms with Crippen LogP contribution in [0.4, 0.5) is 5.82 Å². The van der Waals surface area contributed by atoms with E-state index in [0.717, 1.165) is 37.9 Å². The molecule has 0 saturated carbocycles. The van der Waals surface area contributed by atoms with Gasteiger partial charge in [0.25, 0.3) is 0 Å². The molecule has 1 aliphatic rings. The minimum atomic E-state index is -0.0339. The van der Waals surface area contributed by atoms with E-state index in [1.807, 2.05) is 18.2 Å². The first-order valence-electron chi connectivity index (χ1n) is 5.58. The number of rotatable bonds is 3. The van der Waals surface area contributed by atoms with E-state index in [4.69, 9.17) is 4.74 Å². The molecule has 4 nitrogen and oxygen atoms in total. The summed E-state index contributed by atoms with van der Waals surface area (Å²) in [7, 11) is 1.60. The van der Waals surface area contributed by atoms with E-state index in [9.17, 15) is 4.79 Å². The molecule has 1 unspecified atom stereocenters. The van der Waals surface area contributed by atoms with Crippen LogP contribution >= 0.6 is 0 Å². The van der Waals surface area contributed by atoms with Gasteiger partial charge in [-0.1, -0.05) is 6.07 Å². The first-order chi connectivity index (χ1) is 7.85. The molecular weight excluding hydrogens is 204 g/mol. The van der Waals surface area contributed by atoms with Gasteiger partial charge < -0.3 is 14.4 Å². The van der Waals surface area contributed by atoms with Gasteiger partial charge >= 0.3 is 0 Å². The van der Waals surface area contributed by atoms with Crippen LogP contribution in [0.2, 0.25) is 0 Å². The monoisotopic (exact) mass is 220 g/mol. The van der Waals surface area contributed by atoms with E-state index < -0.39 is 0 Å². The van der Waals surface area contributed by atoms with Crippen LogP contribution in [0.25, 0.3) is 0 Å². The van der Waals surface area contributed by atoms with Crippen molar-refractivity contribution in [3.63, 3.8) is 0 Å². The van der Waals surface area contributed by atoms with Gasteiger partial charge in [0.1, 0.15) is 12.1 Å². The van der Waals surface area contributed by atoms with E-state index in [2.05, 4.69) is 9.88 Å². The van der Waals surface area contributed by atoms with E-state index in [1.54, 1.807) is 7.11 Å². The summed E-state index contributed by atoms with van der Waals surface area (Å²) in [5, 5.41) is 0. The zero-order chi connectivity index (χ0) is 11.4. The maximum Gasteiger partial charge on any atom is 0.214 e. The molecule has 1 aliphatic heterocycles. The lowest BCUT2D eigenvalue weighted by Gasteiger charge is -2.33. The molecule has 0 N–H and O–H groups in total. The fourth-order valence-electron chi connectivity index (χ4n) is 2.06. The normalized spacial score (nSPS) is 20.6. The second kappa shape index (κ2) is 4.96. The fourth-order valence-corrected chi connectivity index (χ4v) is 2.06. The third-order valence-electron chi connectivity index (χ3n) is 2.92. The second-order valence-electron chi connectivity index (χ2n) is 3.93. The van der Waals surface area contributed by atoms with Crippen LogP contribution in [0.1, 0.15) is 19.3 Å².